The van der Waals surface area contributed by atoms with Crippen LogP contribution in [0.1, 0.15) is 21.8 Å². The van der Waals surface area contributed by atoms with Crippen molar-refractivity contribution < 1.29 is 9.32 Å². The highest BCUT2D eigenvalue weighted by Gasteiger charge is 2.10. The molecule has 2 rings (SSSR count). The van der Waals surface area contributed by atoms with E-state index in [0.29, 0.717) is 29.2 Å². The second-order valence-electron chi connectivity index (χ2n) is 4.17. The first kappa shape index (κ1) is 12.9. The van der Waals surface area contributed by atoms with Crippen molar-refractivity contribution in [2.24, 2.45) is 0 Å². The van der Waals surface area contributed by atoms with Gasteiger partial charge in [0.1, 0.15) is 0 Å². The zero-order valence-corrected chi connectivity index (χ0v) is 10.9. The van der Waals surface area contributed by atoms with Gasteiger partial charge in [0.15, 0.2) is 5.76 Å². The Bertz CT molecular complexity index is 592. The van der Waals surface area contributed by atoms with Crippen molar-refractivity contribution in [1.29, 1.82) is 0 Å². The van der Waals surface area contributed by atoms with Crippen molar-refractivity contribution in [3.63, 3.8) is 0 Å². The Hall–Kier alpha value is -2.50. The molecule has 0 aliphatic carbocycles. The Balaban J connectivity index is 2.18. The number of carbonyl (C=O) groups is 1. The molecule has 0 saturated carbocycles. The normalized spacial score (nSPS) is 10.2. The van der Waals surface area contributed by atoms with Crippen molar-refractivity contribution in [3.8, 4) is 0 Å². The van der Waals surface area contributed by atoms with Crippen molar-refractivity contribution in [1.82, 2.24) is 10.5 Å². The summed E-state index contributed by atoms with van der Waals surface area (Å²) in [6.45, 7) is 2.29. The van der Waals surface area contributed by atoms with Gasteiger partial charge in [0, 0.05) is 24.5 Å². The third-order valence-electron chi connectivity index (χ3n) is 2.65. The van der Waals surface area contributed by atoms with E-state index in [0.717, 1.165) is 5.69 Å². The molecule has 0 radical (unpaired) electrons. The molecule has 2 aromatic rings. The molecule has 1 amide bonds. The van der Waals surface area contributed by atoms with Crippen LogP contribution in [0.4, 0.5) is 11.4 Å². The molecule has 0 aliphatic rings. The summed E-state index contributed by atoms with van der Waals surface area (Å²) in [6.07, 6.45) is 0. The predicted octanol–water partition coefficient (Wildman–Crippen LogP) is 1.54. The molecule has 0 fully saturated rings. The number of rotatable bonds is 4. The van der Waals surface area contributed by atoms with E-state index in [1.807, 2.05) is 13.0 Å². The van der Waals surface area contributed by atoms with E-state index < -0.39 is 0 Å². The van der Waals surface area contributed by atoms with E-state index in [4.69, 9.17) is 10.3 Å². The van der Waals surface area contributed by atoms with Crippen molar-refractivity contribution in [2.75, 3.05) is 18.1 Å². The zero-order chi connectivity index (χ0) is 13.8. The Morgan fingerprint density at radius 3 is 2.84 bits per heavy atom. The molecule has 0 unspecified atom stereocenters. The minimum atomic E-state index is -0.170. The quantitative estimate of drug-likeness (QED) is 0.725. The Kier molecular flexibility index (Phi) is 3.70. The van der Waals surface area contributed by atoms with Gasteiger partial charge < -0.3 is 20.9 Å². The van der Waals surface area contributed by atoms with Gasteiger partial charge in [-0.25, -0.2) is 0 Å². The summed E-state index contributed by atoms with van der Waals surface area (Å²) in [4.78, 5) is 11.7. The van der Waals surface area contributed by atoms with Gasteiger partial charge in [0.2, 0.25) is 0 Å². The largest absolute Gasteiger partial charge is 0.399 e. The van der Waals surface area contributed by atoms with Gasteiger partial charge >= 0.3 is 0 Å². The Morgan fingerprint density at radius 2 is 2.21 bits per heavy atom. The van der Waals surface area contributed by atoms with Gasteiger partial charge in [-0.3, -0.25) is 4.79 Å². The number of anilines is 2. The van der Waals surface area contributed by atoms with E-state index in [2.05, 4.69) is 15.8 Å². The summed E-state index contributed by atoms with van der Waals surface area (Å²) in [5.74, 6) is 0.527. The molecule has 0 atom stereocenters. The van der Waals surface area contributed by atoms with Crippen molar-refractivity contribution >= 4 is 17.3 Å². The van der Waals surface area contributed by atoms with Crippen molar-refractivity contribution in [2.45, 2.75) is 13.5 Å². The number of nitrogen functional groups attached to an aromatic ring is 1. The zero-order valence-electron chi connectivity index (χ0n) is 10.9. The monoisotopic (exact) mass is 260 g/mol. The smallest absolute Gasteiger partial charge is 0.253 e. The molecule has 6 nitrogen and oxygen atoms in total. The maximum atomic E-state index is 11.7. The summed E-state index contributed by atoms with van der Waals surface area (Å²) in [5.41, 5.74) is 8.33. The molecule has 0 spiro atoms. The fraction of sp³-hybridized carbons (Fsp3) is 0.231. The Morgan fingerprint density at radius 1 is 1.42 bits per heavy atom. The van der Waals surface area contributed by atoms with E-state index in [1.165, 1.54) is 0 Å². The van der Waals surface area contributed by atoms with E-state index in [9.17, 15) is 4.79 Å². The molecule has 1 heterocycles. The van der Waals surface area contributed by atoms with Crippen LogP contribution in [0.5, 0.6) is 0 Å². The lowest BCUT2D eigenvalue weighted by Gasteiger charge is -2.10. The molecule has 100 valence electrons. The molecular formula is C13H16N4O2. The first-order valence-electron chi connectivity index (χ1n) is 5.88. The van der Waals surface area contributed by atoms with Crippen LogP contribution < -0.4 is 16.4 Å². The lowest BCUT2D eigenvalue weighted by Crippen LogP contribution is -2.19. The second kappa shape index (κ2) is 5.43. The van der Waals surface area contributed by atoms with Crippen LogP contribution in [0, 0.1) is 6.92 Å². The molecule has 1 aromatic heterocycles. The van der Waals surface area contributed by atoms with E-state index >= 15 is 0 Å². The van der Waals surface area contributed by atoms with Gasteiger partial charge in [0.25, 0.3) is 5.91 Å². The number of nitrogens with zero attached hydrogens (tertiary/aromatic N) is 1. The number of hydrogen-bond acceptors (Lipinski definition) is 5. The third-order valence-corrected chi connectivity index (χ3v) is 2.65. The standard InChI is InChI=1S/C13H16N4O2/c1-8-5-10(19-17-8)7-16-12-6-9(14)3-4-11(12)13(18)15-2/h3-6,16H,7,14H2,1-2H3,(H,15,18). The highest BCUT2D eigenvalue weighted by Crippen LogP contribution is 2.20. The number of benzene rings is 1. The molecule has 0 saturated heterocycles. The van der Waals surface area contributed by atoms with E-state index in [1.54, 1.807) is 25.2 Å². The van der Waals surface area contributed by atoms with Crippen LogP contribution in [0.2, 0.25) is 0 Å². The second-order valence-corrected chi connectivity index (χ2v) is 4.17. The van der Waals surface area contributed by atoms with Crippen LogP contribution >= 0.6 is 0 Å². The van der Waals surface area contributed by atoms with Crippen LogP contribution in [-0.2, 0) is 6.54 Å². The van der Waals surface area contributed by atoms with Gasteiger partial charge in [-0.2, -0.15) is 0 Å². The number of aryl methyl sites for hydroxylation is 1. The van der Waals surface area contributed by atoms with Crippen LogP contribution in [-0.4, -0.2) is 18.1 Å². The topological polar surface area (TPSA) is 93.2 Å². The number of aromatic nitrogens is 1. The SMILES string of the molecule is CNC(=O)c1ccc(N)cc1NCc1cc(C)no1. The van der Waals surface area contributed by atoms with Crippen LogP contribution in [0.25, 0.3) is 0 Å². The molecule has 0 bridgehead atoms. The summed E-state index contributed by atoms with van der Waals surface area (Å²) in [6, 6.07) is 6.92. The number of nitrogens with one attached hydrogen (secondary N) is 2. The van der Waals surface area contributed by atoms with Gasteiger partial charge in [-0.15, -0.1) is 0 Å². The third kappa shape index (κ3) is 3.04. The molecule has 6 heteroatoms. The minimum absolute atomic E-state index is 0.170. The molecule has 1 aromatic carbocycles. The summed E-state index contributed by atoms with van der Waals surface area (Å²) in [5, 5.41) is 9.51. The summed E-state index contributed by atoms with van der Waals surface area (Å²) < 4.78 is 5.10. The number of nitrogens with two attached hydrogens (primary N) is 1. The highest BCUT2D eigenvalue weighted by atomic mass is 16.5. The summed E-state index contributed by atoms with van der Waals surface area (Å²) >= 11 is 0. The first-order chi connectivity index (χ1) is 9.10. The molecular weight excluding hydrogens is 244 g/mol. The van der Waals surface area contributed by atoms with Gasteiger partial charge in [0.05, 0.1) is 17.8 Å². The average molecular weight is 260 g/mol. The lowest BCUT2D eigenvalue weighted by molar-refractivity contribution is 0.0964. The van der Waals surface area contributed by atoms with Gasteiger partial charge in [-0.05, 0) is 25.1 Å². The average Bonchev–Trinajstić information content (AvgIpc) is 2.81. The Labute approximate surface area is 111 Å². The lowest BCUT2D eigenvalue weighted by atomic mass is 10.1. The highest BCUT2D eigenvalue weighted by molar-refractivity contribution is 6.00. The van der Waals surface area contributed by atoms with Gasteiger partial charge in [-0.1, -0.05) is 5.16 Å². The molecule has 4 N–H and O–H groups in total. The predicted molar refractivity (Wildman–Crippen MR) is 72.8 cm³/mol. The maximum absolute atomic E-state index is 11.7. The van der Waals surface area contributed by atoms with Crippen molar-refractivity contribution in [3.05, 3.63) is 41.3 Å². The van der Waals surface area contributed by atoms with Crippen LogP contribution in [0.15, 0.2) is 28.8 Å². The molecule has 0 aliphatic heterocycles. The number of hydrogen-bond donors (Lipinski definition) is 3. The number of carbonyl (C=O) groups excluding carboxylic acids is 1. The fourth-order valence-electron chi connectivity index (χ4n) is 1.72. The summed E-state index contributed by atoms with van der Waals surface area (Å²) in [7, 11) is 1.59. The van der Waals surface area contributed by atoms with E-state index in [-0.39, 0.29) is 5.91 Å². The fourth-order valence-corrected chi connectivity index (χ4v) is 1.72. The number of amides is 1. The van der Waals surface area contributed by atoms with Crippen LogP contribution in [0.3, 0.4) is 0 Å². The molecule has 19 heavy (non-hydrogen) atoms. The minimum Gasteiger partial charge on any atom is -0.399 e. The maximum Gasteiger partial charge on any atom is 0.253 e. The first-order valence-corrected chi connectivity index (χ1v) is 5.88.